The first kappa shape index (κ1) is 24.3. The molecule has 1 aliphatic rings. The Morgan fingerprint density at radius 1 is 1.20 bits per heavy atom. The molecule has 2 bridgehead atoms. The first-order valence-corrected chi connectivity index (χ1v) is 11.9. The number of pyridine rings is 1. The topological polar surface area (TPSA) is 97.7 Å². The maximum atomic E-state index is 9.50. The van der Waals surface area contributed by atoms with Gasteiger partial charge in [-0.15, -0.1) is 0 Å². The van der Waals surface area contributed by atoms with Crippen LogP contribution >= 0.6 is 0 Å². The minimum atomic E-state index is 0.280. The summed E-state index contributed by atoms with van der Waals surface area (Å²) in [6, 6.07) is 8.82. The number of hydrogen-bond acceptors (Lipinski definition) is 5. The highest BCUT2D eigenvalue weighted by atomic mass is 16.5. The zero-order valence-electron chi connectivity index (χ0n) is 20.7. The molecule has 35 heavy (non-hydrogen) atoms. The van der Waals surface area contributed by atoms with Crippen LogP contribution in [-0.4, -0.2) is 44.0 Å². The second-order valence-electron chi connectivity index (χ2n) is 8.98. The third-order valence-electron chi connectivity index (χ3n) is 5.87. The van der Waals surface area contributed by atoms with E-state index in [2.05, 4.69) is 68.9 Å². The molecular weight excluding hydrogens is 440 g/mol. The highest BCUT2D eigenvalue weighted by molar-refractivity contribution is 5.92. The zero-order chi connectivity index (χ0) is 24.8. The van der Waals surface area contributed by atoms with Gasteiger partial charge in [0.15, 0.2) is 0 Å². The first-order valence-electron chi connectivity index (χ1n) is 11.9. The van der Waals surface area contributed by atoms with Gasteiger partial charge in [0.25, 0.3) is 0 Å². The summed E-state index contributed by atoms with van der Waals surface area (Å²) in [5.74, 6) is 0. The lowest BCUT2D eigenvalue weighted by atomic mass is 10.0. The fraction of sp³-hybridized carbons (Fsp3) is 0.333. The van der Waals surface area contributed by atoms with E-state index < -0.39 is 0 Å². The van der Waals surface area contributed by atoms with Gasteiger partial charge in [-0.3, -0.25) is 19.6 Å². The van der Waals surface area contributed by atoms with E-state index >= 15 is 0 Å². The number of nitrogens with zero attached hydrogens (tertiary/aromatic N) is 4. The predicted octanol–water partition coefficient (Wildman–Crippen LogP) is 4.44. The van der Waals surface area contributed by atoms with Gasteiger partial charge >= 0.3 is 0 Å². The van der Waals surface area contributed by atoms with Crippen molar-refractivity contribution in [2.45, 2.75) is 46.3 Å². The number of carbonyl (C=O) groups is 1. The Morgan fingerprint density at radius 3 is 2.83 bits per heavy atom. The van der Waals surface area contributed by atoms with Crippen LogP contribution in [0.4, 0.5) is 0 Å². The number of aromatic amines is 1. The third kappa shape index (κ3) is 5.84. The van der Waals surface area contributed by atoms with Crippen LogP contribution in [0.3, 0.4) is 0 Å². The number of aryl methyl sites for hydroxylation is 3. The summed E-state index contributed by atoms with van der Waals surface area (Å²) >= 11 is 0. The van der Waals surface area contributed by atoms with Crippen LogP contribution in [0.2, 0.25) is 0 Å². The fourth-order valence-corrected chi connectivity index (χ4v) is 3.99. The Kier molecular flexibility index (Phi) is 7.72. The van der Waals surface area contributed by atoms with Gasteiger partial charge in [0.2, 0.25) is 6.41 Å². The summed E-state index contributed by atoms with van der Waals surface area (Å²) in [5.41, 5.74) is 8.61. The van der Waals surface area contributed by atoms with Crippen molar-refractivity contribution in [3.8, 4) is 11.1 Å². The maximum absolute atomic E-state index is 9.50. The monoisotopic (exact) mass is 472 g/mol. The third-order valence-corrected chi connectivity index (χ3v) is 5.87. The van der Waals surface area contributed by atoms with Crippen molar-refractivity contribution in [1.82, 2.24) is 30.3 Å². The molecule has 3 aromatic heterocycles. The van der Waals surface area contributed by atoms with E-state index in [-0.39, 0.29) is 6.04 Å². The molecule has 0 atom stereocenters. The number of nitrogens with one attached hydrogen (secondary N) is 2. The summed E-state index contributed by atoms with van der Waals surface area (Å²) in [6.07, 6.45) is 10.5. The molecule has 0 spiro atoms. The lowest BCUT2D eigenvalue weighted by molar-refractivity contribution is -0.109. The van der Waals surface area contributed by atoms with Crippen LogP contribution in [0.5, 0.6) is 0 Å². The summed E-state index contributed by atoms with van der Waals surface area (Å²) in [6.45, 7) is 7.11. The van der Waals surface area contributed by atoms with Gasteiger partial charge < -0.3 is 10.1 Å². The van der Waals surface area contributed by atoms with Crippen molar-refractivity contribution in [2.24, 2.45) is 7.05 Å². The summed E-state index contributed by atoms with van der Waals surface area (Å²) in [5, 5.41) is 15.7. The molecule has 5 rings (SSSR count). The van der Waals surface area contributed by atoms with E-state index in [4.69, 9.17) is 4.74 Å². The number of ether oxygens (including phenoxy) is 1. The number of amides is 1. The van der Waals surface area contributed by atoms with Crippen LogP contribution in [0.1, 0.15) is 48.5 Å². The molecule has 1 aromatic carbocycles. The summed E-state index contributed by atoms with van der Waals surface area (Å²) in [4.78, 5) is 14.2. The second kappa shape index (κ2) is 11.1. The Labute approximate surface area is 205 Å². The molecule has 0 radical (unpaired) electrons. The first-order chi connectivity index (χ1) is 17.0. The van der Waals surface area contributed by atoms with Crippen LogP contribution in [0, 0.1) is 6.92 Å². The van der Waals surface area contributed by atoms with Gasteiger partial charge in [0.1, 0.15) is 0 Å². The van der Waals surface area contributed by atoms with Crippen molar-refractivity contribution in [3.05, 3.63) is 64.9 Å². The minimum absolute atomic E-state index is 0.280. The Hall–Kier alpha value is -3.78. The molecule has 2 N–H and O–H groups in total. The van der Waals surface area contributed by atoms with Crippen LogP contribution in [0.25, 0.3) is 34.2 Å². The quantitative estimate of drug-likeness (QED) is 0.420. The van der Waals surface area contributed by atoms with Crippen molar-refractivity contribution in [1.29, 1.82) is 0 Å². The largest absolute Gasteiger partial charge is 0.375 e. The number of H-pyrrole nitrogens is 1. The molecule has 4 heterocycles. The molecule has 0 saturated heterocycles. The summed E-state index contributed by atoms with van der Waals surface area (Å²) < 4.78 is 7.90. The lowest BCUT2D eigenvalue weighted by Crippen LogP contribution is -2.19. The van der Waals surface area contributed by atoms with Crippen molar-refractivity contribution in [3.63, 3.8) is 0 Å². The molecule has 182 valence electrons. The van der Waals surface area contributed by atoms with Crippen molar-refractivity contribution < 1.29 is 9.53 Å². The van der Waals surface area contributed by atoms with E-state index in [9.17, 15) is 4.79 Å². The van der Waals surface area contributed by atoms with Gasteiger partial charge in [0, 0.05) is 42.5 Å². The standard InChI is InChI=1S/C23H23N5O.C4H9NO/c1-15-10-17-6-8-22-18-11-16(5-7-21(18)26-27-22)19-13-25-28(2)23(19)14-29-9-3-4-20(17)24-12-15;1-4(2)5-3-6/h5-8,10-13H,3-4,9,14H2,1-2H3,(H,26,27);3-4H,1-2H3,(H,5,6)/b8-6+;. The maximum Gasteiger partial charge on any atom is 0.207 e. The number of aromatic nitrogens is 5. The smallest absolute Gasteiger partial charge is 0.207 e. The van der Waals surface area contributed by atoms with Crippen molar-refractivity contribution in [2.75, 3.05) is 6.61 Å². The SMILES string of the molecule is CC(C)NC=O.Cc1cnc2c(c1)/C=C/c1n[nH]c3ccc(cc13)-c1cnn(C)c1COCCC2. The average Bonchev–Trinajstić information content (AvgIpc) is 3.41. The van der Waals surface area contributed by atoms with Gasteiger partial charge in [-0.05, 0) is 74.6 Å². The zero-order valence-corrected chi connectivity index (χ0v) is 20.7. The van der Waals surface area contributed by atoms with Crippen LogP contribution in [-0.2, 0) is 29.6 Å². The number of hydrogen-bond donors (Lipinski definition) is 2. The second-order valence-corrected chi connectivity index (χ2v) is 8.98. The molecule has 8 nitrogen and oxygen atoms in total. The normalized spacial score (nSPS) is 14.3. The number of fused-ring (bicyclic) bond motifs is 4. The number of rotatable bonds is 2. The Bertz CT molecular complexity index is 1330. The minimum Gasteiger partial charge on any atom is -0.375 e. The van der Waals surface area contributed by atoms with Crippen molar-refractivity contribution >= 4 is 29.5 Å². The predicted molar refractivity (Wildman–Crippen MR) is 139 cm³/mol. The molecule has 8 heteroatoms. The molecule has 1 aliphatic heterocycles. The molecule has 4 aromatic rings. The molecule has 0 aliphatic carbocycles. The molecule has 0 saturated carbocycles. The van der Waals surface area contributed by atoms with E-state index in [0.29, 0.717) is 19.6 Å². The summed E-state index contributed by atoms with van der Waals surface area (Å²) in [7, 11) is 1.96. The highest BCUT2D eigenvalue weighted by Crippen LogP contribution is 2.29. The Morgan fingerprint density at radius 2 is 2.06 bits per heavy atom. The molecule has 0 fully saturated rings. The molecule has 0 unspecified atom stereocenters. The highest BCUT2D eigenvalue weighted by Gasteiger charge is 2.14. The van der Waals surface area contributed by atoms with E-state index in [1.165, 1.54) is 0 Å². The number of carbonyl (C=O) groups excluding carboxylic acids is 1. The molecule has 1 amide bonds. The number of benzene rings is 1. The van der Waals surface area contributed by atoms with Crippen LogP contribution in [0.15, 0.2) is 36.7 Å². The van der Waals surface area contributed by atoms with E-state index in [1.807, 2.05) is 38.0 Å². The van der Waals surface area contributed by atoms with Crippen LogP contribution < -0.4 is 5.32 Å². The van der Waals surface area contributed by atoms with Gasteiger partial charge in [-0.1, -0.05) is 12.1 Å². The Balaban J connectivity index is 0.000000431. The van der Waals surface area contributed by atoms with Gasteiger partial charge in [-0.2, -0.15) is 10.2 Å². The average molecular weight is 473 g/mol. The lowest BCUT2D eigenvalue weighted by Gasteiger charge is -2.09. The van der Waals surface area contributed by atoms with Gasteiger partial charge in [0.05, 0.1) is 29.7 Å². The van der Waals surface area contributed by atoms with Gasteiger partial charge in [-0.25, -0.2) is 0 Å². The van der Waals surface area contributed by atoms with E-state index in [1.54, 1.807) is 0 Å². The molecular formula is C27H32N6O2. The fourth-order valence-electron chi connectivity index (χ4n) is 3.99. The van der Waals surface area contributed by atoms with E-state index in [0.717, 1.165) is 63.1 Å².